The molecule has 1 heterocycles. The summed E-state index contributed by atoms with van der Waals surface area (Å²) in [6, 6.07) is 8.63. The molecular weight excluding hydrogens is 234 g/mol. The number of rotatable bonds is 1. The molecule has 0 unspecified atom stereocenters. The Balaban J connectivity index is 0.000000136. The van der Waals surface area contributed by atoms with E-state index in [1.54, 1.807) is 11.1 Å². The Hall–Kier alpha value is -2.57. The van der Waals surface area contributed by atoms with Gasteiger partial charge in [-0.2, -0.15) is 0 Å². The van der Waals surface area contributed by atoms with Crippen molar-refractivity contribution in [2.45, 2.75) is 12.8 Å². The first-order valence-electron chi connectivity index (χ1n) is 5.35. The van der Waals surface area contributed by atoms with Crippen LogP contribution >= 0.6 is 0 Å². The summed E-state index contributed by atoms with van der Waals surface area (Å²) >= 11 is 0. The number of anilines is 1. The van der Waals surface area contributed by atoms with Crippen LogP contribution in [0.1, 0.15) is 16.8 Å². The second-order valence-corrected chi connectivity index (χ2v) is 3.75. The van der Waals surface area contributed by atoms with Crippen molar-refractivity contribution in [2.75, 3.05) is 5.73 Å². The van der Waals surface area contributed by atoms with Gasteiger partial charge in [-0.25, -0.2) is 4.63 Å². The number of nitrogens with zero attached hydrogens (tertiary/aromatic N) is 3. The molecule has 94 valence electrons. The summed E-state index contributed by atoms with van der Waals surface area (Å²) in [4.78, 5) is 0. The Morgan fingerprint density at radius 2 is 1.83 bits per heavy atom. The fourth-order valence-electron chi connectivity index (χ4n) is 1.56. The highest BCUT2D eigenvalue weighted by atomic mass is 16.6. The van der Waals surface area contributed by atoms with E-state index in [9.17, 15) is 0 Å². The van der Waals surface area contributed by atoms with E-state index in [1.807, 2.05) is 0 Å². The summed E-state index contributed by atoms with van der Waals surface area (Å²) in [5.41, 5.74) is 13.4. The molecule has 1 aromatic heterocycles. The molecule has 18 heavy (non-hydrogen) atoms. The Labute approximate surface area is 103 Å². The van der Waals surface area contributed by atoms with Crippen LogP contribution < -0.4 is 11.5 Å². The topological polar surface area (TPSA) is 124 Å². The van der Waals surface area contributed by atoms with Crippen LogP contribution in [0.15, 0.2) is 34.1 Å². The molecule has 0 spiro atoms. The maximum absolute atomic E-state index is 8.13. The number of oxime groups is 1. The fourth-order valence-corrected chi connectivity index (χ4v) is 1.56. The van der Waals surface area contributed by atoms with Crippen LogP contribution in [0.3, 0.4) is 0 Å². The van der Waals surface area contributed by atoms with Gasteiger partial charge in [-0.1, -0.05) is 29.4 Å². The van der Waals surface area contributed by atoms with E-state index in [0.717, 1.165) is 0 Å². The molecule has 0 saturated heterocycles. The van der Waals surface area contributed by atoms with Crippen molar-refractivity contribution in [3.8, 4) is 0 Å². The number of nitrogens with two attached hydrogens (primary N) is 2. The number of hydrogen-bond donors (Lipinski definition) is 3. The van der Waals surface area contributed by atoms with Gasteiger partial charge in [0.05, 0.1) is 0 Å². The summed E-state index contributed by atoms with van der Waals surface area (Å²) < 4.78 is 4.17. The highest BCUT2D eigenvalue weighted by Gasteiger charge is 2.10. The van der Waals surface area contributed by atoms with Gasteiger partial charge in [-0.05, 0) is 34.3 Å². The molecular formula is C11H13N5O2. The lowest BCUT2D eigenvalue weighted by molar-refractivity contribution is 0.305. The average Bonchev–Trinajstić information content (AvgIpc) is 2.77. The molecule has 5 N–H and O–H groups in total. The molecule has 1 aromatic carbocycles. The number of aryl methyl sites for hydroxylation is 2. The molecule has 1 aliphatic rings. The van der Waals surface area contributed by atoms with Gasteiger partial charge in [-0.15, -0.1) is 0 Å². The van der Waals surface area contributed by atoms with Crippen molar-refractivity contribution in [3.05, 3.63) is 41.1 Å². The third kappa shape index (κ3) is 2.40. The van der Waals surface area contributed by atoms with Gasteiger partial charge in [0.15, 0.2) is 17.3 Å². The maximum Gasteiger partial charge on any atom is 0.199 e. The number of amidine groups is 1. The van der Waals surface area contributed by atoms with E-state index < -0.39 is 0 Å². The first-order valence-corrected chi connectivity index (χ1v) is 5.35. The molecule has 7 nitrogen and oxygen atoms in total. The minimum absolute atomic E-state index is 0.00435. The molecule has 0 amide bonds. The first-order chi connectivity index (χ1) is 8.72. The van der Waals surface area contributed by atoms with Crippen molar-refractivity contribution in [1.29, 1.82) is 0 Å². The van der Waals surface area contributed by atoms with Gasteiger partial charge in [0.25, 0.3) is 0 Å². The van der Waals surface area contributed by atoms with E-state index in [1.165, 1.54) is 12.8 Å². The normalized spacial score (nSPS) is 13.0. The molecule has 0 atom stereocenters. The van der Waals surface area contributed by atoms with E-state index >= 15 is 0 Å². The van der Waals surface area contributed by atoms with Crippen LogP contribution in [0, 0.1) is 0 Å². The lowest BCUT2D eigenvalue weighted by Gasteiger charge is -2.16. The van der Waals surface area contributed by atoms with Gasteiger partial charge >= 0.3 is 0 Å². The number of aromatic nitrogens is 2. The highest BCUT2D eigenvalue weighted by molar-refractivity contribution is 5.98. The summed E-state index contributed by atoms with van der Waals surface area (Å²) in [6.07, 6.45) is 2.60. The predicted molar refractivity (Wildman–Crippen MR) is 65.1 cm³/mol. The number of fused-ring (bicyclic) bond motifs is 1. The molecule has 0 radical (unpaired) electrons. The Morgan fingerprint density at radius 3 is 2.17 bits per heavy atom. The molecule has 0 fully saturated rings. The van der Waals surface area contributed by atoms with Crippen molar-refractivity contribution < 1.29 is 9.84 Å². The van der Waals surface area contributed by atoms with Crippen molar-refractivity contribution in [2.24, 2.45) is 10.9 Å². The van der Waals surface area contributed by atoms with Gasteiger partial charge in [0.2, 0.25) is 0 Å². The summed E-state index contributed by atoms with van der Waals surface area (Å²) in [5.74, 6) is -0.228. The van der Waals surface area contributed by atoms with Crippen LogP contribution in [-0.2, 0) is 12.8 Å². The monoisotopic (exact) mass is 247 g/mol. The zero-order valence-corrected chi connectivity index (χ0v) is 9.58. The quantitative estimate of drug-likeness (QED) is 0.292. The molecule has 0 aliphatic heterocycles. The summed E-state index contributed by atoms with van der Waals surface area (Å²) in [5, 5.41) is 17.2. The Kier molecular flexibility index (Phi) is 3.42. The molecule has 0 saturated carbocycles. The van der Waals surface area contributed by atoms with Gasteiger partial charge < -0.3 is 16.7 Å². The standard InChI is InChI=1S/C8H8.C3H5N5O2/c1-2-4-8-6-5-7(8)3-1;4-2(6-9)1-3(5)8-10-7-1/h1-4H,5-6H2;9H,(H2,4,6)(H2,5,8). The zero-order chi connectivity index (χ0) is 13.0. The van der Waals surface area contributed by atoms with Crippen molar-refractivity contribution in [3.63, 3.8) is 0 Å². The first kappa shape index (κ1) is 11.9. The molecule has 3 rings (SSSR count). The van der Waals surface area contributed by atoms with Crippen LogP contribution in [0.2, 0.25) is 0 Å². The molecule has 7 heteroatoms. The predicted octanol–water partition coefficient (Wildman–Crippen LogP) is 0.531. The Bertz CT molecular complexity index is 541. The SMILES string of the molecule is N/C(=N\O)c1nonc1N.c1ccc2c(c1)CC2. The second kappa shape index (κ2) is 5.17. The van der Waals surface area contributed by atoms with Crippen molar-refractivity contribution in [1.82, 2.24) is 10.3 Å². The minimum atomic E-state index is -0.223. The van der Waals surface area contributed by atoms with Crippen LogP contribution in [0.25, 0.3) is 0 Å². The van der Waals surface area contributed by atoms with E-state index in [0.29, 0.717) is 0 Å². The van der Waals surface area contributed by atoms with Crippen LogP contribution in [0.5, 0.6) is 0 Å². The van der Waals surface area contributed by atoms with E-state index in [-0.39, 0.29) is 17.3 Å². The zero-order valence-electron chi connectivity index (χ0n) is 9.58. The third-order valence-electron chi connectivity index (χ3n) is 2.65. The average molecular weight is 247 g/mol. The number of hydrogen-bond acceptors (Lipinski definition) is 6. The van der Waals surface area contributed by atoms with Gasteiger partial charge in [-0.3, -0.25) is 0 Å². The molecule has 2 aromatic rings. The summed E-state index contributed by atoms with van der Waals surface area (Å²) in [6.45, 7) is 0. The van der Waals surface area contributed by atoms with Crippen molar-refractivity contribution >= 4 is 11.7 Å². The van der Waals surface area contributed by atoms with E-state index in [4.69, 9.17) is 16.7 Å². The summed E-state index contributed by atoms with van der Waals surface area (Å²) in [7, 11) is 0. The largest absolute Gasteiger partial charge is 0.409 e. The smallest absolute Gasteiger partial charge is 0.199 e. The third-order valence-corrected chi connectivity index (χ3v) is 2.65. The van der Waals surface area contributed by atoms with Crippen LogP contribution in [-0.4, -0.2) is 21.4 Å². The second-order valence-electron chi connectivity index (χ2n) is 3.75. The minimum Gasteiger partial charge on any atom is -0.409 e. The Morgan fingerprint density at radius 1 is 1.22 bits per heavy atom. The number of benzene rings is 1. The van der Waals surface area contributed by atoms with E-state index in [2.05, 4.69) is 44.4 Å². The van der Waals surface area contributed by atoms with Gasteiger partial charge in [0, 0.05) is 0 Å². The fraction of sp³-hybridized carbons (Fsp3) is 0.182. The highest BCUT2D eigenvalue weighted by Crippen LogP contribution is 2.20. The lowest BCUT2D eigenvalue weighted by Crippen LogP contribution is -2.15. The molecule has 1 aliphatic carbocycles. The number of nitrogen functional groups attached to an aromatic ring is 1. The van der Waals surface area contributed by atoms with Gasteiger partial charge in [0.1, 0.15) is 0 Å². The lowest BCUT2D eigenvalue weighted by atomic mass is 9.89. The maximum atomic E-state index is 8.13. The van der Waals surface area contributed by atoms with Crippen LogP contribution in [0.4, 0.5) is 5.82 Å². The molecule has 0 bridgehead atoms.